The Morgan fingerprint density at radius 2 is 1.74 bits per heavy atom. The first-order chi connectivity index (χ1) is 11.3. The molecule has 23 heavy (non-hydrogen) atoms. The number of benzene rings is 2. The van der Waals surface area contributed by atoms with Gasteiger partial charge in [0, 0.05) is 29.3 Å². The Bertz CT molecular complexity index is 629. The third-order valence-electron chi connectivity index (χ3n) is 4.41. The number of aliphatic hydroxyl groups is 1. The van der Waals surface area contributed by atoms with E-state index in [4.69, 9.17) is 0 Å². The Hall–Kier alpha value is -1.55. The lowest BCUT2D eigenvalue weighted by Gasteiger charge is -2.40. The molecule has 0 aromatic heterocycles. The van der Waals surface area contributed by atoms with Crippen LogP contribution in [-0.4, -0.2) is 34.4 Å². The average Bonchev–Trinajstić information content (AvgIpc) is 2.61. The van der Waals surface area contributed by atoms with E-state index in [0.29, 0.717) is 0 Å². The Morgan fingerprint density at radius 3 is 2.43 bits per heavy atom. The van der Waals surface area contributed by atoms with Crippen molar-refractivity contribution in [3.05, 3.63) is 78.4 Å². The van der Waals surface area contributed by atoms with Gasteiger partial charge in [0.15, 0.2) is 0 Å². The monoisotopic (exact) mass is 325 g/mol. The van der Waals surface area contributed by atoms with Gasteiger partial charge in [0.1, 0.15) is 0 Å². The van der Waals surface area contributed by atoms with Gasteiger partial charge in [0.25, 0.3) is 0 Å². The van der Waals surface area contributed by atoms with E-state index in [-0.39, 0.29) is 12.1 Å². The molecule has 0 radical (unpaired) electrons. The van der Waals surface area contributed by atoms with Crippen molar-refractivity contribution in [3.8, 4) is 0 Å². The van der Waals surface area contributed by atoms with Gasteiger partial charge in [-0.1, -0.05) is 60.7 Å². The minimum atomic E-state index is -0.411. The van der Waals surface area contributed by atoms with Crippen molar-refractivity contribution in [2.24, 2.45) is 0 Å². The molecule has 0 saturated heterocycles. The van der Waals surface area contributed by atoms with Crippen LogP contribution in [0.4, 0.5) is 0 Å². The highest BCUT2D eigenvalue weighted by atomic mass is 32.2. The van der Waals surface area contributed by atoms with Crippen molar-refractivity contribution >= 4 is 11.8 Å². The molecule has 2 nitrogen and oxygen atoms in total. The molecule has 2 aromatic rings. The maximum absolute atomic E-state index is 10.5. The van der Waals surface area contributed by atoms with Crippen molar-refractivity contribution in [1.29, 1.82) is 0 Å². The van der Waals surface area contributed by atoms with Crippen LogP contribution >= 0.6 is 11.8 Å². The highest BCUT2D eigenvalue weighted by Crippen LogP contribution is 2.29. The van der Waals surface area contributed by atoms with Gasteiger partial charge in [-0.05, 0) is 24.6 Å². The van der Waals surface area contributed by atoms with Crippen molar-refractivity contribution in [3.63, 3.8) is 0 Å². The van der Waals surface area contributed by atoms with Crippen molar-refractivity contribution in [2.75, 3.05) is 12.3 Å². The van der Waals surface area contributed by atoms with E-state index in [0.717, 1.165) is 12.3 Å². The third-order valence-corrected chi connectivity index (χ3v) is 5.53. The van der Waals surface area contributed by atoms with Gasteiger partial charge < -0.3 is 5.11 Å². The highest BCUT2D eigenvalue weighted by molar-refractivity contribution is 7.99. The second-order valence-corrected chi connectivity index (χ2v) is 6.99. The van der Waals surface area contributed by atoms with Crippen LogP contribution in [0.1, 0.15) is 18.5 Å². The summed E-state index contributed by atoms with van der Waals surface area (Å²) in [5.74, 6) is 0.882. The Labute approximate surface area is 142 Å². The van der Waals surface area contributed by atoms with Crippen molar-refractivity contribution in [2.45, 2.75) is 30.0 Å². The predicted octanol–water partition coefficient (Wildman–Crippen LogP) is 4.14. The maximum atomic E-state index is 10.5. The van der Waals surface area contributed by atoms with Gasteiger partial charge in [-0.3, -0.25) is 4.90 Å². The van der Waals surface area contributed by atoms with Gasteiger partial charge >= 0.3 is 0 Å². The molecule has 3 heteroatoms. The molecule has 1 aliphatic heterocycles. The second kappa shape index (κ2) is 7.82. The van der Waals surface area contributed by atoms with Crippen LogP contribution in [0.3, 0.4) is 0 Å². The lowest BCUT2D eigenvalue weighted by atomic mass is 10.00. The number of aliphatic hydroxyl groups excluding tert-OH is 1. The zero-order valence-corrected chi connectivity index (χ0v) is 14.2. The van der Waals surface area contributed by atoms with Crippen LogP contribution in [0.2, 0.25) is 0 Å². The van der Waals surface area contributed by atoms with E-state index in [1.165, 1.54) is 10.5 Å². The summed E-state index contributed by atoms with van der Waals surface area (Å²) in [5.41, 5.74) is 1.30. The smallest absolute Gasteiger partial charge is 0.0885 e. The summed E-state index contributed by atoms with van der Waals surface area (Å²) in [7, 11) is 0. The van der Waals surface area contributed by atoms with Crippen LogP contribution in [0.25, 0.3) is 0 Å². The van der Waals surface area contributed by atoms with Gasteiger partial charge in [-0.25, -0.2) is 0 Å². The summed E-state index contributed by atoms with van der Waals surface area (Å²) < 4.78 is 0. The van der Waals surface area contributed by atoms with Crippen LogP contribution < -0.4 is 0 Å². The number of nitrogens with zero attached hydrogens (tertiary/aromatic N) is 1. The Kier molecular flexibility index (Phi) is 5.55. The standard InChI is InChI=1S/C20H23NOS/c1-16(17-9-4-2-5-10-17)21-14-8-13-20(22)19(21)15-23-18-11-6-3-7-12-18/h2-13,16,19-20,22H,14-15H2,1H3/t16-,19-,20-/m1/s1. The lowest BCUT2D eigenvalue weighted by molar-refractivity contribution is 0.0640. The fraction of sp³-hybridized carbons (Fsp3) is 0.300. The number of rotatable bonds is 5. The first-order valence-corrected chi connectivity index (χ1v) is 9.07. The minimum Gasteiger partial charge on any atom is -0.387 e. The SMILES string of the molecule is C[C@H](c1ccccc1)N1CC=C[C@@H](O)[C@H]1CSc1ccccc1. The summed E-state index contributed by atoms with van der Waals surface area (Å²) in [6.07, 6.45) is 3.60. The predicted molar refractivity (Wildman–Crippen MR) is 97.7 cm³/mol. The lowest BCUT2D eigenvalue weighted by Crippen LogP contribution is -2.48. The average molecular weight is 325 g/mol. The molecule has 0 spiro atoms. The fourth-order valence-corrected chi connectivity index (χ4v) is 4.14. The third kappa shape index (κ3) is 4.05. The van der Waals surface area contributed by atoms with Crippen LogP contribution in [-0.2, 0) is 0 Å². The van der Waals surface area contributed by atoms with Gasteiger partial charge in [-0.2, -0.15) is 0 Å². The second-order valence-electron chi connectivity index (χ2n) is 5.89. The van der Waals surface area contributed by atoms with E-state index in [1.54, 1.807) is 0 Å². The Morgan fingerprint density at radius 1 is 1.09 bits per heavy atom. The van der Waals surface area contributed by atoms with Crippen molar-refractivity contribution < 1.29 is 5.11 Å². The molecule has 1 heterocycles. The van der Waals surface area contributed by atoms with Gasteiger partial charge in [-0.15, -0.1) is 11.8 Å². The number of thioether (sulfide) groups is 1. The topological polar surface area (TPSA) is 23.5 Å². The highest BCUT2D eigenvalue weighted by Gasteiger charge is 2.30. The molecule has 0 bridgehead atoms. The quantitative estimate of drug-likeness (QED) is 0.660. The van der Waals surface area contributed by atoms with Crippen molar-refractivity contribution in [1.82, 2.24) is 4.90 Å². The van der Waals surface area contributed by atoms with Crippen LogP contribution in [0.5, 0.6) is 0 Å². The Balaban J connectivity index is 1.73. The summed E-state index contributed by atoms with van der Waals surface area (Å²) in [6.45, 7) is 3.11. The fourth-order valence-electron chi connectivity index (χ4n) is 3.04. The molecule has 0 amide bonds. The molecule has 0 saturated carbocycles. The molecular weight excluding hydrogens is 302 g/mol. The van der Waals surface area contributed by atoms with Gasteiger partial charge in [0.2, 0.25) is 0 Å². The minimum absolute atomic E-state index is 0.125. The molecular formula is C20H23NOS. The zero-order chi connectivity index (χ0) is 16.1. The number of hydrogen-bond donors (Lipinski definition) is 1. The molecule has 120 valence electrons. The molecule has 1 N–H and O–H groups in total. The molecule has 0 aliphatic carbocycles. The van der Waals surface area contributed by atoms with E-state index in [1.807, 2.05) is 30.0 Å². The van der Waals surface area contributed by atoms with E-state index < -0.39 is 6.10 Å². The summed E-state index contributed by atoms with van der Waals surface area (Å²) in [4.78, 5) is 3.65. The summed E-state index contributed by atoms with van der Waals surface area (Å²) >= 11 is 1.81. The number of hydrogen-bond acceptors (Lipinski definition) is 3. The zero-order valence-electron chi connectivity index (χ0n) is 13.4. The normalized spacial score (nSPS) is 22.9. The van der Waals surface area contributed by atoms with E-state index in [9.17, 15) is 5.11 Å². The first kappa shape index (κ1) is 16.3. The van der Waals surface area contributed by atoms with Crippen LogP contribution in [0.15, 0.2) is 77.7 Å². The summed E-state index contributed by atoms with van der Waals surface area (Å²) in [5, 5.41) is 10.5. The van der Waals surface area contributed by atoms with Gasteiger partial charge in [0.05, 0.1) is 6.10 Å². The molecule has 0 unspecified atom stereocenters. The first-order valence-electron chi connectivity index (χ1n) is 8.09. The maximum Gasteiger partial charge on any atom is 0.0885 e. The van der Waals surface area contributed by atoms with E-state index >= 15 is 0 Å². The molecule has 0 fully saturated rings. The van der Waals surface area contributed by atoms with Crippen LogP contribution in [0, 0.1) is 0 Å². The van der Waals surface area contributed by atoms with E-state index in [2.05, 4.69) is 66.4 Å². The molecule has 3 atom stereocenters. The molecule has 3 rings (SSSR count). The summed E-state index contributed by atoms with van der Waals surface area (Å²) in [6, 6.07) is 21.3. The molecule has 2 aromatic carbocycles. The largest absolute Gasteiger partial charge is 0.387 e. The molecule has 1 aliphatic rings.